The van der Waals surface area contributed by atoms with Gasteiger partial charge < -0.3 is 5.32 Å². The molecule has 0 aliphatic rings. The molecule has 2 atom stereocenters. The van der Waals surface area contributed by atoms with E-state index in [1.165, 1.54) is 4.88 Å². The molecule has 92 valence electrons. The minimum atomic E-state index is -4.10. The van der Waals surface area contributed by atoms with Crippen molar-refractivity contribution in [3.05, 3.63) is 21.9 Å². The minimum Gasteiger partial charge on any atom is -0.307 e. The molecule has 1 heterocycles. The molecule has 5 heteroatoms. The molecule has 1 aromatic heterocycles. The number of aryl methyl sites for hydroxylation is 1. The van der Waals surface area contributed by atoms with E-state index in [0.717, 1.165) is 4.88 Å². The van der Waals surface area contributed by atoms with Crippen LogP contribution < -0.4 is 5.32 Å². The largest absolute Gasteiger partial charge is 0.390 e. The van der Waals surface area contributed by atoms with Crippen molar-refractivity contribution in [3.63, 3.8) is 0 Å². The lowest BCUT2D eigenvalue weighted by Gasteiger charge is -2.20. The molecule has 1 nitrogen and oxygen atoms in total. The van der Waals surface area contributed by atoms with E-state index in [1.54, 1.807) is 18.3 Å². The second kappa shape index (κ2) is 5.19. The van der Waals surface area contributed by atoms with Gasteiger partial charge in [0.15, 0.2) is 0 Å². The van der Waals surface area contributed by atoms with Crippen molar-refractivity contribution in [1.29, 1.82) is 0 Å². The van der Waals surface area contributed by atoms with Gasteiger partial charge in [-0.05, 0) is 32.9 Å². The molecular weight excluding hydrogens is 235 g/mol. The summed E-state index contributed by atoms with van der Waals surface area (Å²) in [6.45, 7) is 5.43. The van der Waals surface area contributed by atoms with Crippen molar-refractivity contribution in [1.82, 2.24) is 5.32 Å². The van der Waals surface area contributed by atoms with Crippen molar-refractivity contribution in [2.24, 2.45) is 0 Å². The Kier molecular flexibility index (Phi) is 4.38. The lowest BCUT2D eigenvalue weighted by molar-refractivity contribution is -0.139. The second-order valence-corrected chi connectivity index (χ2v) is 5.38. The number of hydrogen-bond donors (Lipinski definition) is 1. The maximum absolute atomic E-state index is 12.1. The standard InChI is InChI=1S/C11H16F3NS/c1-7(6-11(12,13)14)15-9(3)10-5-4-8(2)16-10/h4-5,7,9,15H,6H2,1-3H3. The van der Waals surface area contributed by atoms with Crippen LogP contribution in [-0.2, 0) is 0 Å². The summed E-state index contributed by atoms with van der Waals surface area (Å²) in [5.74, 6) is 0. The normalized spacial score (nSPS) is 16.1. The van der Waals surface area contributed by atoms with Gasteiger partial charge in [-0.15, -0.1) is 11.3 Å². The van der Waals surface area contributed by atoms with Crippen LogP contribution in [0.1, 0.15) is 36.1 Å². The van der Waals surface area contributed by atoms with Crippen molar-refractivity contribution in [2.75, 3.05) is 0 Å². The van der Waals surface area contributed by atoms with Crippen LogP contribution in [0, 0.1) is 6.92 Å². The van der Waals surface area contributed by atoms with E-state index in [0.29, 0.717) is 0 Å². The van der Waals surface area contributed by atoms with Crippen LogP contribution in [0.3, 0.4) is 0 Å². The molecule has 2 unspecified atom stereocenters. The molecule has 0 bridgehead atoms. The van der Waals surface area contributed by atoms with E-state index in [-0.39, 0.29) is 6.04 Å². The first kappa shape index (κ1) is 13.5. The Morgan fingerprint density at radius 2 is 1.94 bits per heavy atom. The van der Waals surface area contributed by atoms with Gasteiger partial charge in [0.1, 0.15) is 0 Å². The molecule has 0 aromatic carbocycles. The van der Waals surface area contributed by atoms with E-state index in [4.69, 9.17) is 0 Å². The predicted octanol–water partition coefficient (Wildman–Crippen LogP) is 4.05. The Morgan fingerprint density at radius 1 is 1.31 bits per heavy atom. The van der Waals surface area contributed by atoms with Crippen LogP contribution in [0.4, 0.5) is 13.2 Å². The number of alkyl halides is 3. The molecule has 0 saturated heterocycles. The Morgan fingerprint density at radius 3 is 2.38 bits per heavy atom. The third kappa shape index (κ3) is 4.53. The summed E-state index contributed by atoms with van der Waals surface area (Å²) < 4.78 is 36.4. The predicted molar refractivity (Wildman–Crippen MR) is 60.7 cm³/mol. The lowest BCUT2D eigenvalue weighted by Crippen LogP contribution is -2.32. The maximum Gasteiger partial charge on any atom is 0.390 e. The summed E-state index contributed by atoms with van der Waals surface area (Å²) in [5.41, 5.74) is 0. The molecule has 16 heavy (non-hydrogen) atoms. The molecule has 1 aromatic rings. The van der Waals surface area contributed by atoms with Crippen LogP contribution in [0.5, 0.6) is 0 Å². The topological polar surface area (TPSA) is 12.0 Å². The number of thiophene rings is 1. The van der Waals surface area contributed by atoms with E-state index < -0.39 is 18.6 Å². The highest BCUT2D eigenvalue weighted by atomic mass is 32.1. The van der Waals surface area contributed by atoms with E-state index in [9.17, 15) is 13.2 Å². The fourth-order valence-electron chi connectivity index (χ4n) is 1.60. The molecule has 0 fully saturated rings. The van der Waals surface area contributed by atoms with E-state index >= 15 is 0 Å². The summed E-state index contributed by atoms with van der Waals surface area (Å²) in [5, 5.41) is 2.96. The highest BCUT2D eigenvalue weighted by Crippen LogP contribution is 2.25. The monoisotopic (exact) mass is 251 g/mol. The van der Waals surface area contributed by atoms with Crippen LogP contribution >= 0.6 is 11.3 Å². The molecule has 0 amide bonds. The van der Waals surface area contributed by atoms with Gasteiger partial charge in [0, 0.05) is 21.8 Å². The van der Waals surface area contributed by atoms with Crippen molar-refractivity contribution in [3.8, 4) is 0 Å². The molecule has 0 spiro atoms. The summed E-state index contributed by atoms with van der Waals surface area (Å²) in [6.07, 6.45) is -4.89. The Balaban J connectivity index is 2.48. The van der Waals surface area contributed by atoms with E-state index in [2.05, 4.69) is 5.32 Å². The molecule has 0 radical (unpaired) electrons. The summed E-state index contributed by atoms with van der Waals surface area (Å²) in [7, 11) is 0. The lowest BCUT2D eigenvalue weighted by atomic mass is 10.2. The van der Waals surface area contributed by atoms with Crippen LogP contribution in [-0.4, -0.2) is 12.2 Å². The Labute approximate surface area is 97.7 Å². The van der Waals surface area contributed by atoms with Gasteiger partial charge in [-0.3, -0.25) is 0 Å². The van der Waals surface area contributed by atoms with Gasteiger partial charge in [-0.25, -0.2) is 0 Å². The first-order valence-corrected chi connectivity index (χ1v) is 5.98. The molecule has 0 saturated carbocycles. The average molecular weight is 251 g/mol. The summed E-state index contributed by atoms with van der Waals surface area (Å²) >= 11 is 1.61. The number of rotatable bonds is 4. The Hall–Kier alpha value is -0.550. The van der Waals surface area contributed by atoms with Crippen molar-refractivity contribution < 1.29 is 13.2 Å². The zero-order valence-electron chi connectivity index (χ0n) is 9.56. The van der Waals surface area contributed by atoms with Gasteiger partial charge in [0.05, 0.1) is 6.42 Å². The summed E-state index contributed by atoms with van der Waals surface area (Å²) in [4.78, 5) is 2.25. The first-order valence-electron chi connectivity index (χ1n) is 5.17. The molecule has 0 aliphatic carbocycles. The quantitative estimate of drug-likeness (QED) is 0.851. The Bertz CT molecular complexity index is 332. The zero-order valence-corrected chi connectivity index (χ0v) is 10.4. The maximum atomic E-state index is 12.1. The number of halogens is 3. The van der Waals surface area contributed by atoms with Gasteiger partial charge in [0.2, 0.25) is 0 Å². The molecule has 0 aliphatic heterocycles. The van der Waals surface area contributed by atoms with Crippen LogP contribution in [0.25, 0.3) is 0 Å². The van der Waals surface area contributed by atoms with Gasteiger partial charge in [0.25, 0.3) is 0 Å². The van der Waals surface area contributed by atoms with Crippen molar-refractivity contribution >= 4 is 11.3 Å². The molecular formula is C11H16F3NS. The molecule has 1 rings (SSSR count). The smallest absolute Gasteiger partial charge is 0.307 e. The van der Waals surface area contributed by atoms with Crippen LogP contribution in [0.2, 0.25) is 0 Å². The highest BCUT2D eigenvalue weighted by Gasteiger charge is 2.30. The first-order chi connectivity index (χ1) is 7.28. The minimum absolute atomic E-state index is 0.0314. The van der Waals surface area contributed by atoms with Gasteiger partial charge in [-0.1, -0.05) is 0 Å². The second-order valence-electron chi connectivity index (χ2n) is 4.06. The third-order valence-corrected chi connectivity index (χ3v) is 3.44. The fourth-order valence-corrected chi connectivity index (χ4v) is 2.49. The van der Waals surface area contributed by atoms with Crippen molar-refractivity contribution in [2.45, 2.75) is 45.5 Å². The fraction of sp³-hybridized carbons (Fsp3) is 0.636. The van der Waals surface area contributed by atoms with Gasteiger partial charge in [-0.2, -0.15) is 13.2 Å². The SMILES string of the molecule is Cc1ccc(C(C)NC(C)CC(F)(F)F)s1. The highest BCUT2D eigenvalue weighted by molar-refractivity contribution is 7.12. The van der Waals surface area contributed by atoms with Gasteiger partial charge >= 0.3 is 6.18 Å². The molecule has 1 N–H and O–H groups in total. The average Bonchev–Trinajstić information content (AvgIpc) is 2.47. The summed E-state index contributed by atoms with van der Waals surface area (Å²) in [6, 6.07) is 3.35. The van der Waals surface area contributed by atoms with E-state index in [1.807, 2.05) is 26.0 Å². The van der Waals surface area contributed by atoms with Crippen LogP contribution in [0.15, 0.2) is 12.1 Å². The number of nitrogens with one attached hydrogen (secondary N) is 1. The number of hydrogen-bond acceptors (Lipinski definition) is 2. The third-order valence-electron chi connectivity index (χ3n) is 2.26. The zero-order chi connectivity index (χ0) is 12.3.